The summed E-state index contributed by atoms with van der Waals surface area (Å²) in [6, 6.07) is 31.4. The number of hydrogen-bond donors (Lipinski definition) is 4. The molecular formula is C37H34N6O2. The maximum absolute atomic E-state index is 13.4. The van der Waals surface area contributed by atoms with Crippen LogP contribution in [0.3, 0.4) is 0 Å². The van der Waals surface area contributed by atoms with Gasteiger partial charge in [-0.05, 0) is 56.6 Å². The zero-order valence-corrected chi connectivity index (χ0v) is 24.9. The lowest BCUT2D eigenvalue weighted by atomic mass is 10.0. The fraction of sp³-hybridized carbons (Fsp3) is 0.189. The number of nitrogens with zero attached hydrogens (tertiary/aromatic N) is 2. The summed E-state index contributed by atoms with van der Waals surface area (Å²) in [6.45, 7) is 2.80. The van der Waals surface area contributed by atoms with E-state index in [2.05, 4.69) is 20.9 Å². The highest BCUT2D eigenvalue weighted by Crippen LogP contribution is 2.31. The highest BCUT2D eigenvalue weighted by molar-refractivity contribution is 6.20. The van der Waals surface area contributed by atoms with Crippen molar-refractivity contribution < 1.29 is 9.59 Å². The zero-order valence-electron chi connectivity index (χ0n) is 24.9. The van der Waals surface area contributed by atoms with E-state index in [1.165, 1.54) is 0 Å². The number of carbonyl (C=O) groups is 2. The number of carbonyl (C=O) groups excluding carboxylic acids is 2. The summed E-state index contributed by atoms with van der Waals surface area (Å²) in [7, 11) is 0. The van der Waals surface area contributed by atoms with Crippen molar-refractivity contribution in [2.75, 3.05) is 26.2 Å². The van der Waals surface area contributed by atoms with E-state index in [1.807, 2.05) is 97.1 Å². The summed E-state index contributed by atoms with van der Waals surface area (Å²) in [5, 5.41) is 13.3. The molecular weight excluding hydrogens is 560 g/mol. The number of aromatic amines is 1. The van der Waals surface area contributed by atoms with E-state index >= 15 is 0 Å². The van der Waals surface area contributed by atoms with Gasteiger partial charge in [-0.2, -0.15) is 0 Å². The lowest BCUT2D eigenvalue weighted by Gasteiger charge is -2.12. The van der Waals surface area contributed by atoms with E-state index in [1.54, 1.807) is 0 Å². The minimum absolute atomic E-state index is 0.0693. The Labute approximate surface area is 260 Å². The van der Waals surface area contributed by atoms with Crippen molar-refractivity contribution in [1.29, 1.82) is 0 Å². The highest BCUT2D eigenvalue weighted by atomic mass is 16.2. The van der Waals surface area contributed by atoms with E-state index in [4.69, 9.17) is 9.97 Å². The average Bonchev–Trinajstić information content (AvgIpc) is 3.44. The first-order valence-electron chi connectivity index (χ1n) is 15.5. The molecule has 0 radical (unpaired) electrons. The Morgan fingerprint density at radius 2 is 1.02 bits per heavy atom. The van der Waals surface area contributed by atoms with Crippen LogP contribution in [0.4, 0.5) is 0 Å². The number of amides is 2. The maximum Gasteiger partial charge on any atom is 0.254 e. The van der Waals surface area contributed by atoms with Crippen molar-refractivity contribution in [3.63, 3.8) is 0 Å². The standard InChI is InChI=1S/C37H34N6O2/c44-36(32-24-12-1-5-16-28(24)41-29-17-6-2-13-25(29)32)39-22-10-9-20-38-21-11-23-40-37(45)33-26-14-3-7-18-30(26)42-34-27-15-4-8-19-31(27)43-35(33)34/h1-8,12-19,38,43H,9-11,20-23H2,(H,39,44)(H,40,45). The predicted octanol–water partition coefficient (Wildman–Crippen LogP) is 6.49. The van der Waals surface area contributed by atoms with Crippen molar-refractivity contribution >= 4 is 66.5 Å². The third kappa shape index (κ3) is 5.68. The Balaban J connectivity index is 0.881. The predicted molar refractivity (Wildman–Crippen MR) is 182 cm³/mol. The van der Waals surface area contributed by atoms with Gasteiger partial charge in [0.2, 0.25) is 0 Å². The lowest BCUT2D eigenvalue weighted by Crippen LogP contribution is -2.28. The second kappa shape index (κ2) is 12.7. The van der Waals surface area contributed by atoms with Crippen LogP contribution in [0.15, 0.2) is 97.1 Å². The van der Waals surface area contributed by atoms with Crippen LogP contribution in [0.1, 0.15) is 40.0 Å². The molecule has 2 amide bonds. The summed E-state index contributed by atoms with van der Waals surface area (Å²) in [5.41, 5.74) is 6.31. The Morgan fingerprint density at radius 3 is 1.71 bits per heavy atom. The van der Waals surface area contributed by atoms with Crippen LogP contribution >= 0.6 is 0 Å². The van der Waals surface area contributed by atoms with Crippen molar-refractivity contribution in [3.05, 3.63) is 108 Å². The summed E-state index contributed by atoms with van der Waals surface area (Å²) >= 11 is 0. The second-order valence-electron chi connectivity index (χ2n) is 11.2. The number of nitrogens with one attached hydrogen (secondary N) is 4. The molecule has 0 spiro atoms. The molecule has 0 aliphatic heterocycles. The van der Waals surface area contributed by atoms with Crippen LogP contribution in [-0.2, 0) is 0 Å². The van der Waals surface area contributed by atoms with Gasteiger partial charge in [0.1, 0.15) is 0 Å². The number of H-pyrrole nitrogens is 1. The van der Waals surface area contributed by atoms with Gasteiger partial charge >= 0.3 is 0 Å². The number of hydrogen-bond acceptors (Lipinski definition) is 5. The second-order valence-corrected chi connectivity index (χ2v) is 11.2. The Kier molecular flexibility index (Phi) is 8.04. The average molecular weight is 595 g/mol. The van der Waals surface area contributed by atoms with Gasteiger partial charge in [-0.1, -0.05) is 72.8 Å². The van der Waals surface area contributed by atoms with Crippen molar-refractivity contribution in [2.45, 2.75) is 19.3 Å². The zero-order chi connectivity index (χ0) is 30.6. The quantitative estimate of drug-likeness (QED) is 0.101. The molecule has 224 valence electrons. The van der Waals surface area contributed by atoms with Gasteiger partial charge in [-0.3, -0.25) is 9.59 Å². The van der Waals surface area contributed by atoms with Gasteiger partial charge in [0, 0.05) is 40.2 Å². The molecule has 3 aromatic heterocycles. The number of aromatic nitrogens is 3. The summed E-state index contributed by atoms with van der Waals surface area (Å²) < 4.78 is 0. The van der Waals surface area contributed by atoms with Crippen LogP contribution in [0.25, 0.3) is 54.6 Å². The van der Waals surface area contributed by atoms with E-state index in [-0.39, 0.29) is 11.8 Å². The first kappa shape index (κ1) is 28.4. The maximum atomic E-state index is 13.4. The van der Waals surface area contributed by atoms with E-state index in [0.717, 1.165) is 87.0 Å². The van der Waals surface area contributed by atoms with E-state index in [9.17, 15) is 9.59 Å². The van der Waals surface area contributed by atoms with Gasteiger partial charge in [0.15, 0.2) is 0 Å². The number of rotatable bonds is 11. The van der Waals surface area contributed by atoms with Gasteiger partial charge in [-0.25, -0.2) is 9.97 Å². The molecule has 7 rings (SSSR count). The highest BCUT2D eigenvalue weighted by Gasteiger charge is 2.19. The van der Waals surface area contributed by atoms with Crippen LogP contribution in [0.5, 0.6) is 0 Å². The molecule has 0 aliphatic carbocycles. The van der Waals surface area contributed by atoms with E-state index < -0.39 is 0 Å². The minimum atomic E-state index is -0.101. The normalized spacial score (nSPS) is 11.6. The third-order valence-corrected chi connectivity index (χ3v) is 8.26. The molecule has 0 unspecified atom stereocenters. The van der Waals surface area contributed by atoms with Crippen molar-refractivity contribution in [1.82, 2.24) is 30.9 Å². The topological polar surface area (TPSA) is 112 Å². The fourth-order valence-electron chi connectivity index (χ4n) is 6.08. The molecule has 7 aromatic rings. The van der Waals surface area contributed by atoms with Crippen LogP contribution in [0.2, 0.25) is 0 Å². The Hall–Kier alpha value is -5.34. The molecule has 0 saturated heterocycles. The molecule has 0 atom stereocenters. The monoisotopic (exact) mass is 594 g/mol. The molecule has 0 aliphatic rings. The fourth-order valence-corrected chi connectivity index (χ4v) is 6.08. The number of unbranched alkanes of at least 4 members (excludes halogenated alkanes) is 1. The minimum Gasteiger partial charge on any atom is -0.353 e. The van der Waals surface area contributed by atoms with Gasteiger partial charge < -0.3 is 20.9 Å². The summed E-state index contributed by atoms with van der Waals surface area (Å²) in [4.78, 5) is 39.7. The largest absolute Gasteiger partial charge is 0.353 e. The first-order chi connectivity index (χ1) is 22.2. The van der Waals surface area contributed by atoms with Crippen LogP contribution in [-0.4, -0.2) is 52.9 Å². The molecule has 4 N–H and O–H groups in total. The van der Waals surface area contributed by atoms with E-state index in [0.29, 0.717) is 24.2 Å². The Bertz CT molecular complexity index is 2130. The smallest absolute Gasteiger partial charge is 0.254 e. The SMILES string of the molecule is O=C(NCCCCNCCCNC(=O)c1c2ccccc2nc2c1[nH]c1ccccc12)c1c2ccccc2nc2ccccc12. The Morgan fingerprint density at radius 1 is 0.533 bits per heavy atom. The first-order valence-corrected chi connectivity index (χ1v) is 15.5. The van der Waals surface area contributed by atoms with Gasteiger partial charge in [0.05, 0.1) is 38.7 Å². The molecule has 4 aromatic carbocycles. The molecule has 0 saturated carbocycles. The molecule has 0 fully saturated rings. The number of pyridine rings is 2. The van der Waals surface area contributed by atoms with Crippen LogP contribution in [0, 0.1) is 0 Å². The van der Waals surface area contributed by atoms with Crippen LogP contribution < -0.4 is 16.0 Å². The van der Waals surface area contributed by atoms with Crippen molar-refractivity contribution in [3.8, 4) is 0 Å². The lowest BCUT2D eigenvalue weighted by molar-refractivity contribution is 0.0947. The molecule has 8 heteroatoms. The number of benzene rings is 4. The number of para-hydroxylation sites is 4. The molecule has 8 nitrogen and oxygen atoms in total. The number of fused-ring (bicyclic) bond motifs is 6. The summed E-state index contributed by atoms with van der Waals surface area (Å²) in [5.74, 6) is -0.171. The molecule has 45 heavy (non-hydrogen) atoms. The van der Waals surface area contributed by atoms with Gasteiger partial charge in [-0.15, -0.1) is 0 Å². The van der Waals surface area contributed by atoms with Gasteiger partial charge in [0.25, 0.3) is 11.8 Å². The van der Waals surface area contributed by atoms with Crippen molar-refractivity contribution in [2.24, 2.45) is 0 Å². The molecule has 0 bridgehead atoms. The molecule has 3 heterocycles. The summed E-state index contributed by atoms with van der Waals surface area (Å²) in [6.07, 6.45) is 2.61. The third-order valence-electron chi connectivity index (χ3n) is 8.26.